The molecule has 1 saturated heterocycles. The summed E-state index contributed by atoms with van der Waals surface area (Å²) in [6.07, 6.45) is -2.54. The largest absolute Gasteiger partial charge is 0.394 e. The Labute approximate surface area is 71.8 Å². The molecule has 1 fully saturated rings. The fourth-order valence-electron chi connectivity index (χ4n) is 1.44. The molecule has 0 bridgehead atoms. The second-order valence-corrected chi connectivity index (χ2v) is 3.40. The van der Waals surface area contributed by atoms with Crippen LogP contribution in [0.25, 0.3) is 0 Å². The summed E-state index contributed by atoms with van der Waals surface area (Å²) in [5.74, 6) is -0.0946. The highest BCUT2D eigenvalue weighted by Gasteiger charge is 2.39. The van der Waals surface area contributed by atoms with E-state index < -0.39 is 18.3 Å². The molecule has 4 nitrogen and oxygen atoms in total. The quantitative estimate of drug-likeness (QED) is 0.485. The van der Waals surface area contributed by atoms with E-state index in [-0.39, 0.29) is 18.6 Å². The number of aliphatic hydroxyl groups is 3. The second kappa shape index (κ2) is 3.70. The van der Waals surface area contributed by atoms with Crippen molar-refractivity contribution in [1.82, 2.24) is 0 Å². The molecule has 4 heteroatoms. The zero-order valence-corrected chi connectivity index (χ0v) is 7.34. The van der Waals surface area contributed by atoms with Crippen LogP contribution in [0.15, 0.2) is 0 Å². The topological polar surface area (TPSA) is 69.9 Å². The van der Waals surface area contributed by atoms with Gasteiger partial charge in [0.1, 0.15) is 12.2 Å². The number of hydrogen-bond acceptors (Lipinski definition) is 4. The molecule has 12 heavy (non-hydrogen) atoms. The van der Waals surface area contributed by atoms with Gasteiger partial charge in [-0.3, -0.25) is 0 Å². The van der Waals surface area contributed by atoms with Crippen LogP contribution in [0.2, 0.25) is 0 Å². The maximum Gasteiger partial charge on any atom is 0.109 e. The third-order valence-electron chi connectivity index (χ3n) is 2.58. The van der Waals surface area contributed by atoms with Crippen molar-refractivity contribution in [2.75, 3.05) is 6.61 Å². The van der Waals surface area contributed by atoms with Gasteiger partial charge in [0.05, 0.1) is 18.8 Å². The van der Waals surface area contributed by atoms with E-state index in [1.807, 2.05) is 13.8 Å². The van der Waals surface area contributed by atoms with Crippen molar-refractivity contribution >= 4 is 0 Å². The molecule has 1 aliphatic heterocycles. The Kier molecular flexibility index (Phi) is 3.06. The molecule has 5 atom stereocenters. The molecule has 0 saturated carbocycles. The van der Waals surface area contributed by atoms with Crippen molar-refractivity contribution in [2.24, 2.45) is 5.92 Å². The number of ether oxygens (including phenoxy) is 1. The second-order valence-electron chi connectivity index (χ2n) is 3.40. The minimum absolute atomic E-state index is 0.0946. The molecular formula is C8H16O4. The van der Waals surface area contributed by atoms with E-state index in [0.717, 1.165) is 0 Å². The highest BCUT2D eigenvalue weighted by molar-refractivity contribution is 4.87. The Bertz CT molecular complexity index is 145. The number of hydrogen-bond donors (Lipinski definition) is 3. The summed E-state index contributed by atoms with van der Waals surface area (Å²) >= 11 is 0. The predicted octanol–water partition coefficient (Wildman–Crippen LogP) is -0.876. The molecule has 1 aliphatic rings. The molecule has 1 rings (SSSR count). The highest BCUT2D eigenvalue weighted by atomic mass is 16.5. The standard InChI is InChI=1S/C8H16O4/c1-4-5(2)12-6(3-9)8(11)7(4)10/h4-11H,3H2,1-2H3/t4-,5-,6+,7+,8+/m0/s1. The van der Waals surface area contributed by atoms with E-state index in [0.29, 0.717) is 0 Å². The van der Waals surface area contributed by atoms with Gasteiger partial charge in [-0.1, -0.05) is 6.92 Å². The zero-order chi connectivity index (χ0) is 9.30. The molecule has 0 aliphatic carbocycles. The van der Waals surface area contributed by atoms with Crippen LogP contribution in [0.5, 0.6) is 0 Å². The Morgan fingerprint density at radius 1 is 1.17 bits per heavy atom. The first-order valence-electron chi connectivity index (χ1n) is 4.20. The van der Waals surface area contributed by atoms with Gasteiger partial charge in [-0.25, -0.2) is 0 Å². The van der Waals surface area contributed by atoms with Gasteiger partial charge in [0.15, 0.2) is 0 Å². The first kappa shape index (κ1) is 9.92. The molecule has 0 radical (unpaired) electrons. The molecule has 72 valence electrons. The lowest BCUT2D eigenvalue weighted by Gasteiger charge is -2.39. The fraction of sp³-hybridized carbons (Fsp3) is 1.00. The van der Waals surface area contributed by atoms with Gasteiger partial charge >= 0.3 is 0 Å². The van der Waals surface area contributed by atoms with E-state index in [9.17, 15) is 10.2 Å². The Hall–Kier alpha value is -0.160. The SMILES string of the molecule is C[C@@H]1[C@@H](O)[C@H](O)[C@@H](CO)O[C@H]1C. The zero-order valence-electron chi connectivity index (χ0n) is 7.34. The van der Waals surface area contributed by atoms with Crippen LogP contribution in [0.3, 0.4) is 0 Å². The van der Waals surface area contributed by atoms with Crippen LogP contribution in [0.4, 0.5) is 0 Å². The average Bonchev–Trinajstić information content (AvgIpc) is 2.08. The number of rotatable bonds is 1. The van der Waals surface area contributed by atoms with Gasteiger partial charge in [0, 0.05) is 5.92 Å². The highest BCUT2D eigenvalue weighted by Crippen LogP contribution is 2.25. The maximum atomic E-state index is 9.48. The van der Waals surface area contributed by atoms with E-state index in [1.165, 1.54) is 0 Å². The normalized spacial score (nSPS) is 49.2. The van der Waals surface area contributed by atoms with E-state index >= 15 is 0 Å². The van der Waals surface area contributed by atoms with E-state index in [1.54, 1.807) is 0 Å². The van der Waals surface area contributed by atoms with Crippen LogP contribution in [0.1, 0.15) is 13.8 Å². The minimum atomic E-state index is -0.971. The fourth-order valence-corrected chi connectivity index (χ4v) is 1.44. The number of aliphatic hydroxyl groups excluding tert-OH is 3. The molecule has 0 spiro atoms. The van der Waals surface area contributed by atoms with Crippen molar-refractivity contribution in [3.8, 4) is 0 Å². The molecule has 0 amide bonds. The molecule has 0 unspecified atom stereocenters. The third-order valence-corrected chi connectivity index (χ3v) is 2.58. The first-order valence-corrected chi connectivity index (χ1v) is 4.20. The van der Waals surface area contributed by atoms with Gasteiger partial charge in [0.25, 0.3) is 0 Å². The van der Waals surface area contributed by atoms with Crippen molar-refractivity contribution in [2.45, 2.75) is 38.3 Å². The summed E-state index contributed by atoms with van der Waals surface area (Å²) < 4.78 is 5.27. The van der Waals surface area contributed by atoms with Crippen LogP contribution in [-0.2, 0) is 4.74 Å². The first-order chi connectivity index (χ1) is 5.57. The van der Waals surface area contributed by atoms with Gasteiger partial charge in [-0.15, -0.1) is 0 Å². The molecule has 3 N–H and O–H groups in total. The van der Waals surface area contributed by atoms with Crippen LogP contribution in [0, 0.1) is 5.92 Å². The summed E-state index contributed by atoms with van der Waals surface area (Å²) in [5, 5.41) is 27.7. The van der Waals surface area contributed by atoms with Crippen molar-refractivity contribution < 1.29 is 20.1 Å². The summed E-state index contributed by atoms with van der Waals surface area (Å²) in [4.78, 5) is 0. The van der Waals surface area contributed by atoms with E-state index in [4.69, 9.17) is 9.84 Å². The van der Waals surface area contributed by atoms with Gasteiger partial charge in [-0.2, -0.15) is 0 Å². The summed E-state index contributed by atoms with van der Waals surface area (Å²) in [6, 6.07) is 0. The Morgan fingerprint density at radius 2 is 1.75 bits per heavy atom. The summed E-state index contributed by atoms with van der Waals surface area (Å²) in [7, 11) is 0. The monoisotopic (exact) mass is 176 g/mol. The van der Waals surface area contributed by atoms with Crippen molar-refractivity contribution in [1.29, 1.82) is 0 Å². The lowest BCUT2D eigenvalue weighted by molar-refractivity contribution is -0.200. The van der Waals surface area contributed by atoms with Crippen molar-refractivity contribution in [3.05, 3.63) is 0 Å². The van der Waals surface area contributed by atoms with Crippen molar-refractivity contribution in [3.63, 3.8) is 0 Å². The summed E-state index contributed by atoms with van der Waals surface area (Å²) in [5.41, 5.74) is 0. The molecule has 0 aromatic rings. The molecule has 0 aromatic carbocycles. The van der Waals surface area contributed by atoms with Gasteiger partial charge in [0.2, 0.25) is 0 Å². The van der Waals surface area contributed by atoms with Crippen LogP contribution < -0.4 is 0 Å². The van der Waals surface area contributed by atoms with Gasteiger partial charge in [-0.05, 0) is 6.92 Å². The van der Waals surface area contributed by atoms with Crippen LogP contribution >= 0.6 is 0 Å². The lowest BCUT2D eigenvalue weighted by Crippen LogP contribution is -2.53. The van der Waals surface area contributed by atoms with E-state index in [2.05, 4.69) is 0 Å². The lowest BCUT2D eigenvalue weighted by atomic mass is 9.89. The minimum Gasteiger partial charge on any atom is -0.394 e. The molecule has 1 heterocycles. The molecular weight excluding hydrogens is 160 g/mol. The third kappa shape index (κ3) is 1.61. The average molecular weight is 176 g/mol. The maximum absolute atomic E-state index is 9.48. The summed E-state index contributed by atoms with van der Waals surface area (Å²) in [6.45, 7) is 3.38. The van der Waals surface area contributed by atoms with Gasteiger partial charge < -0.3 is 20.1 Å². The Morgan fingerprint density at radius 3 is 2.25 bits per heavy atom. The molecule has 0 aromatic heterocycles. The smallest absolute Gasteiger partial charge is 0.109 e. The predicted molar refractivity (Wildman–Crippen MR) is 42.6 cm³/mol. The van der Waals surface area contributed by atoms with Crippen LogP contribution in [-0.4, -0.2) is 46.3 Å². The Balaban J connectivity index is 2.63.